The fourth-order valence-electron chi connectivity index (χ4n) is 3.43. The van der Waals surface area contributed by atoms with Crippen LogP contribution in [0.5, 0.6) is 0 Å². The standard InChI is InChI=1S/C16H25N3/c1-13(12-19-9-2-3-10-19)11-18-15-7-6-14-5-4-8-17-16(14)15/h4-5,8,13,15,18H,2-3,6-7,9-12H2,1H3. The summed E-state index contributed by atoms with van der Waals surface area (Å²) in [4.78, 5) is 7.15. The zero-order valence-corrected chi connectivity index (χ0v) is 11.9. The van der Waals surface area contributed by atoms with Gasteiger partial charge in [0.1, 0.15) is 0 Å². The SMILES string of the molecule is CC(CNC1CCc2cccnc21)CN1CCCC1. The van der Waals surface area contributed by atoms with Crippen LogP contribution in [0.3, 0.4) is 0 Å². The van der Waals surface area contributed by atoms with Gasteiger partial charge in [-0.1, -0.05) is 13.0 Å². The molecule has 2 aliphatic rings. The third-order valence-corrected chi connectivity index (χ3v) is 4.44. The first-order valence-corrected chi connectivity index (χ1v) is 7.72. The molecule has 0 amide bonds. The van der Waals surface area contributed by atoms with Crippen LogP contribution < -0.4 is 5.32 Å². The van der Waals surface area contributed by atoms with E-state index < -0.39 is 0 Å². The lowest BCUT2D eigenvalue weighted by Crippen LogP contribution is -2.33. The lowest BCUT2D eigenvalue weighted by Gasteiger charge is -2.22. The summed E-state index contributed by atoms with van der Waals surface area (Å²) in [6, 6.07) is 4.76. The molecule has 0 bridgehead atoms. The third kappa shape index (κ3) is 3.15. The molecule has 0 aromatic carbocycles. The molecule has 1 fully saturated rings. The molecule has 104 valence electrons. The molecular formula is C16H25N3. The summed E-state index contributed by atoms with van der Waals surface area (Å²) in [5, 5.41) is 3.72. The van der Waals surface area contributed by atoms with Crippen molar-refractivity contribution in [3.63, 3.8) is 0 Å². The van der Waals surface area contributed by atoms with Gasteiger partial charge >= 0.3 is 0 Å². The molecule has 1 aliphatic heterocycles. The van der Waals surface area contributed by atoms with Gasteiger partial charge in [-0.3, -0.25) is 4.98 Å². The number of rotatable bonds is 5. The molecule has 2 heterocycles. The van der Waals surface area contributed by atoms with E-state index in [0.29, 0.717) is 6.04 Å². The summed E-state index contributed by atoms with van der Waals surface area (Å²) >= 11 is 0. The third-order valence-electron chi connectivity index (χ3n) is 4.44. The Kier molecular flexibility index (Phi) is 4.14. The maximum Gasteiger partial charge on any atom is 0.0605 e. The topological polar surface area (TPSA) is 28.2 Å². The van der Waals surface area contributed by atoms with Crippen LogP contribution in [0.2, 0.25) is 0 Å². The van der Waals surface area contributed by atoms with Crippen molar-refractivity contribution >= 4 is 0 Å². The van der Waals surface area contributed by atoms with Gasteiger partial charge in [0.2, 0.25) is 0 Å². The number of likely N-dealkylation sites (tertiary alicyclic amines) is 1. The van der Waals surface area contributed by atoms with E-state index in [0.717, 1.165) is 12.5 Å². The zero-order chi connectivity index (χ0) is 13.1. The van der Waals surface area contributed by atoms with Crippen molar-refractivity contribution in [1.29, 1.82) is 0 Å². The molecule has 3 rings (SSSR count). The highest BCUT2D eigenvalue weighted by atomic mass is 15.1. The molecule has 2 atom stereocenters. The Morgan fingerprint density at radius 1 is 1.42 bits per heavy atom. The Hall–Kier alpha value is -0.930. The molecule has 19 heavy (non-hydrogen) atoms. The second kappa shape index (κ2) is 6.02. The molecule has 1 aromatic heterocycles. The number of hydrogen-bond acceptors (Lipinski definition) is 3. The van der Waals surface area contributed by atoms with Crippen molar-refractivity contribution in [3.05, 3.63) is 29.6 Å². The van der Waals surface area contributed by atoms with Gasteiger partial charge in [0.05, 0.1) is 11.7 Å². The minimum Gasteiger partial charge on any atom is -0.308 e. The van der Waals surface area contributed by atoms with Gasteiger partial charge in [-0.15, -0.1) is 0 Å². The Morgan fingerprint density at radius 2 is 2.26 bits per heavy atom. The molecule has 0 spiro atoms. The summed E-state index contributed by atoms with van der Waals surface area (Å²) in [5.74, 6) is 0.728. The van der Waals surface area contributed by atoms with Gasteiger partial charge in [0.25, 0.3) is 0 Å². The van der Waals surface area contributed by atoms with Crippen molar-refractivity contribution in [1.82, 2.24) is 15.2 Å². The fourth-order valence-corrected chi connectivity index (χ4v) is 3.43. The number of nitrogens with zero attached hydrogens (tertiary/aromatic N) is 2. The molecule has 3 nitrogen and oxygen atoms in total. The van der Waals surface area contributed by atoms with Gasteiger partial charge in [-0.05, 0) is 62.9 Å². The number of pyridine rings is 1. The van der Waals surface area contributed by atoms with E-state index in [4.69, 9.17) is 0 Å². The van der Waals surface area contributed by atoms with Gasteiger partial charge in [-0.25, -0.2) is 0 Å². The second-order valence-electron chi connectivity index (χ2n) is 6.16. The molecule has 0 saturated carbocycles. The van der Waals surface area contributed by atoms with E-state index in [1.807, 2.05) is 6.20 Å². The first-order valence-electron chi connectivity index (χ1n) is 7.72. The Labute approximate surface area is 116 Å². The first kappa shape index (κ1) is 13.1. The molecule has 3 heteroatoms. The Balaban J connectivity index is 1.47. The van der Waals surface area contributed by atoms with Crippen molar-refractivity contribution in [2.45, 2.75) is 38.6 Å². The Morgan fingerprint density at radius 3 is 3.11 bits per heavy atom. The lowest BCUT2D eigenvalue weighted by molar-refractivity contribution is 0.277. The van der Waals surface area contributed by atoms with Crippen molar-refractivity contribution in [3.8, 4) is 0 Å². The van der Waals surface area contributed by atoms with Crippen LogP contribution in [0.4, 0.5) is 0 Å². The van der Waals surface area contributed by atoms with E-state index in [1.165, 1.54) is 56.6 Å². The molecular weight excluding hydrogens is 234 g/mol. The average molecular weight is 259 g/mol. The number of fused-ring (bicyclic) bond motifs is 1. The van der Waals surface area contributed by atoms with E-state index in [9.17, 15) is 0 Å². The average Bonchev–Trinajstić information content (AvgIpc) is 3.05. The van der Waals surface area contributed by atoms with Crippen LogP contribution >= 0.6 is 0 Å². The number of nitrogens with one attached hydrogen (secondary N) is 1. The fraction of sp³-hybridized carbons (Fsp3) is 0.688. The quantitative estimate of drug-likeness (QED) is 0.880. The van der Waals surface area contributed by atoms with Crippen LogP contribution in [-0.4, -0.2) is 36.1 Å². The second-order valence-corrected chi connectivity index (χ2v) is 6.16. The van der Waals surface area contributed by atoms with Crippen LogP contribution in [0.1, 0.15) is 43.5 Å². The summed E-state index contributed by atoms with van der Waals surface area (Å²) in [5.41, 5.74) is 2.73. The first-order chi connectivity index (χ1) is 9.33. The maximum atomic E-state index is 4.55. The lowest BCUT2D eigenvalue weighted by atomic mass is 10.1. The summed E-state index contributed by atoms with van der Waals surface area (Å²) in [6.45, 7) is 7.32. The van der Waals surface area contributed by atoms with E-state index in [2.05, 4.69) is 34.3 Å². The molecule has 0 radical (unpaired) electrons. The zero-order valence-electron chi connectivity index (χ0n) is 11.9. The highest BCUT2D eigenvalue weighted by Gasteiger charge is 2.23. The van der Waals surface area contributed by atoms with E-state index >= 15 is 0 Å². The Bertz CT molecular complexity index is 412. The normalized spacial score (nSPS) is 24.6. The van der Waals surface area contributed by atoms with Crippen LogP contribution in [0.15, 0.2) is 18.3 Å². The maximum absolute atomic E-state index is 4.55. The summed E-state index contributed by atoms with van der Waals surface area (Å²) in [6.07, 6.45) is 7.09. The molecule has 1 saturated heterocycles. The van der Waals surface area contributed by atoms with Crippen molar-refractivity contribution in [2.75, 3.05) is 26.2 Å². The smallest absolute Gasteiger partial charge is 0.0605 e. The van der Waals surface area contributed by atoms with Crippen LogP contribution in [0.25, 0.3) is 0 Å². The van der Waals surface area contributed by atoms with Gasteiger partial charge in [0, 0.05) is 12.7 Å². The minimum atomic E-state index is 0.484. The molecule has 1 aromatic rings. The van der Waals surface area contributed by atoms with Crippen LogP contribution in [0, 0.1) is 5.92 Å². The van der Waals surface area contributed by atoms with Crippen molar-refractivity contribution < 1.29 is 0 Å². The molecule has 1 aliphatic carbocycles. The monoisotopic (exact) mass is 259 g/mol. The minimum absolute atomic E-state index is 0.484. The number of aryl methyl sites for hydroxylation is 1. The van der Waals surface area contributed by atoms with Gasteiger partial charge in [0.15, 0.2) is 0 Å². The summed E-state index contributed by atoms with van der Waals surface area (Å²) in [7, 11) is 0. The number of hydrogen-bond donors (Lipinski definition) is 1. The van der Waals surface area contributed by atoms with E-state index in [-0.39, 0.29) is 0 Å². The largest absolute Gasteiger partial charge is 0.308 e. The highest BCUT2D eigenvalue weighted by Crippen LogP contribution is 2.28. The number of aromatic nitrogens is 1. The predicted molar refractivity (Wildman–Crippen MR) is 78.1 cm³/mol. The van der Waals surface area contributed by atoms with Crippen LogP contribution in [-0.2, 0) is 6.42 Å². The summed E-state index contributed by atoms with van der Waals surface area (Å²) < 4.78 is 0. The molecule has 1 N–H and O–H groups in total. The van der Waals surface area contributed by atoms with E-state index in [1.54, 1.807) is 0 Å². The predicted octanol–water partition coefficient (Wildman–Crippen LogP) is 2.39. The molecule has 2 unspecified atom stereocenters. The highest BCUT2D eigenvalue weighted by molar-refractivity contribution is 5.27. The van der Waals surface area contributed by atoms with Crippen molar-refractivity contribution in [2.24, 2.45) is 5.92 Å². The van der Waals surface area contributed by atoms with Gasteiger partial charge < -0.3 is 10.2 Å². The van der Waals surface area contributed by atoms with Gasteiger partial charge in [-0.2, -0.15) is 0 Å².